The molecule has 0 unspecified atom stereocenters. The molecule has 4 aromatic rings. The average Bonchev–Trinajstić information content (AvgIpc) is 3.25. The maximum absolute atomic E-state index is 12.7. The lowest BCUT2D eigenvalue weighted by Crippen LogP contribution is -2.45. The molecule has 0 N–H and O–H groups in total. The fourth-order valence-electron chi connectivity index (χ4n) is 4.21. The monoisotopic (exact) mass is 443 g/mol. The lowest BCUT2D eigenvalue weighted by molar-refractivity contribution is 0.149. The molecule has 1 aliphatic rings. The summed E-state index contributed by atoms with van der Waals surface area (Å²) in [4.78, 5) is 17.6. The zero-order chi connectivity index (χ0) is 22.6. The van der Waals surface area contributed by atoms with Gasteiger partial charge in [0.2, 0.25) is 0 Å². The van der Waals surface area contributed by atoms with Gasteiger partial charge < -0.3 is 9.64 Å². The second kappa shape index (κ2) is 9.60. The first kappa shape index (κ1) is 21.4. The normalized spacial score (nSPS) is 15.2. The van der Waals surface area contributed by atoms with Crippen molar-refractivity contribution in [3.05, 3.63) is 89.0 Å². The summed E-state index contributed by atoms with van der Waals surface area (Å²) in [6.45, 7) is 6.74. The highest BCUT2D eigenvalue weighted by Gasteiger charge is 2.14. The van der Waals surface area contributed by atoms with Crippen molar-refractivity contribution >= 4 is 10.9 Å². The number of aromatic nitrogens is 3. The molecule has 1 saturated heterocycles. The Hall–Kier alpha value is -3.42. The van der Waals surface area contributed by atoms with Gasteiger partial charge in [-0.15, -0.1) is 0 Å². The van der Waals surface area contributed by atoms with E-state index >= 15 is 0 Å². The van der Waals surface area contributed by atoms with Gasteiger partial charge in [0.15, 0.2) is 0 Å². The van der Waals surface area contributed by atoms with E-state index in [1.807, 2.05) is 60.8 Å². The molecule has 5 rings (SSSR count). The van der Waals surface area contributed by atoms with Crippen molar-refractivity contribution in [3.8, 4) is 11.4 Å². The molecule has 0 aliphatic carbocycles. The van der Waals surface area contributed by atoms with Gasteiger partial charge in [-0.25, -0.2) is 0 Å². The molecule has 0 atom stereocenters. The standard InChI is InChI=1S/C26H29N5O2/c1-28-11-13-29(14-12-28)15-16-31-25-8-7-23(17-22(25)19-27-31)30-10-9-24(18-26(30)32)33-20-21-5-3-2-4-6-21/h2-10,17-19H,11-16,20H2,1H3. The van der Waals surface area contributed by atoms with Crippen LogP contribution in [0.3, 0.4) is 0 Å². The van der Waals surface area contributed by atoms with Crippen LogP contribution >= 0.6 is 0 Å². The van der Waals surface area contributed by atoms with Gasteiger partial charge >= 0.3 is 0 Å². The van der Waals surface area contributed by atoms with Gasteiger partial charge in [0.05, 0.1) is 18.3 Å². The molecule has 0 radical (unpaired) electrons. The van der Waals surface area contributed by atoms with Gasteiger partial charge in [-0.3, -0.25) is 18.9 Å². The minimum atomic E-state index is -0.123. The summed E-state index contributed by atoms with van der Waals surface area (Å²) < 4.78 is 9.48. The molecule has 33 heavy (non-hydrogen) atoms. The molecule has 0 bridgehead atoms. The van der Waals surface area contributed by atoms with Crippen molar-refractivity contribution in [1.82, 2.24) is 24.1 Å². The number of hydrogen-bond acceptors (Lipinski definition) is 5. The van der Waals surface area contributed by atoms with Crippen LogP contribution in [0.4, 0.5) is 0 Å². The van der Waals surface area contributed by atoms with Crippen LogP contribution in [0.5, 0.6) is 5.75 Å². The van der Waals surface area contributed by atoms with Crippen LogP contribution in [0, 0.1) is 0 Å². The van der Waals surface area contributed by atoms with Crippen molar-refractivity contribution in [2.24, 2.45) is 0 Å². The Morgan fingerprint density at radius 2 is 1.76 bits per heavy atom. The largest absolute Gasteiger partial charge is 0.489 e. The molecule has 7 nitrogen and oxygen atoms in total. The highest BCUT2D eigenvalue weighted by Crippen LogP contribution is 2.19. The molecule has 0 saturated carbocycles. The molecule has 2 aromatic heterocycles. The summed E-state index contributed by atoms with van der Waals surface area (Å²) in [6.07, 6.45) is 3.65. The Morgan fingerprint density at radius 3 is 2.55 bits per heavy atom. The van der Waals surface area contributed by atoms with Crippen LogP contribution in [-0.2, 0) is 13.2 Å². The van der Waals surface area contributed by atoms with E-state index < -0.39 is 0 Å². The third kappa shape index (κ3) is 4.99. The van der Waals surface area contributed by atoms with Gasteiger partial charge in [-0.2, -0.15) is 5.10 Å². The van der Waals surface area contributed by atoms with Crippen LogP contribution in [0.25, 0.3) is 16.6 Å². The van der Waals surface area contributed by atoms with E-state index in [1.54, 1.807) is 10.8 Å². The van der Waals surface area contributed by atoms with Crippen molar-refractivity contribution in [2.45, 2.75) is 13.2 Å². The molecular weight excluding hydrogens is 414 g/mol. The molecule has 1 aliphatic heterocycles. The fraction of sp³-hybridized carbons (Fsp3) is 0.308. The fourth-order valence-corrected chi connectivity index (χ4v) is 4.21. The first-order valence-corrected chi connectivity index (χ1v) is 11.4. The Kier molecular flexibility index (Phi) is 6.24. The SMILES string of the molecule is CN1CCN(CCn2ncc3cc(-n4ccc(OCc5ccccc5)cc4=O)ccc32)CC1. The summed E-state index contributed by atoms with van der Waals surface area (Å²) in [5.41, 5.74) is 2.85. The number of piperazine rings is 1. The number of nitrogens with zero attached hydrogens (tertiary/aromatic N) is 5. The molecule has 1 fully saturated rings. The summed E-state index contributed by atoms with van der Waals surface area (Å²) in [7, 11) is 2.17. The number of ether oxygens (including phenoxy) is 1. The lowest BCUT2D eigenvalue weighted by atomic mass is 10.2. The summed E-state index contributed by atoms with van der Waals surface area (Å²) in [5.74, 6) is 0.568. The van der Waals surface area contributed by atoms with Crippen molar-refractivity contribution in [2.75, 3.05) is 39.8 Å². The minimum Gasteiger partial charge on any atom is -0.489 e. The summed E-state index contributed by atoms with van der Waals surface area (Å²) in [5, 5.41) is 5.62. The second-order valence-electron chi connectivity index (χ2n) is 8.60. The predicted octanol–water partition coefficient (Wildman–Crippen LogP) is 3.01. The minimum absolute atomic E-state index is 0.123. The van der Waals surface area contributed by atoms with E-state index in [1.165, 1.54) is 6.07 Å². The zero-order valence-electron chi connectivity index (χ0n) is 18.9. The van der Waals surface area contributed by atoms with Crippen LogP contribution in [0.15, 0.2) is 77.9 Å². The Morgan fingerprint density at radius 1 is 0.939 bits per heavy atom. The number of pyridine rings is 1. The van der Waals surface area contributed by atoms with Crippen LogP contribution in [0.1, 0.15) is 5.56 Å². The molecule has 0 spiro atoms. The Balaban J connectivity index is 1.27. The molecular formula is C26H29N5O2. The third-order valence-electron chi connectivity index (χ3n) is 6.27. The quantitative estimate of drug-likeness (QED) is 0.440. The van der Waals surface area contributed by atoms with E-state index in [0.29, 0.717) is 12.4 Å². The van der Waals surface area contributed by atoms with Gasteiger partial charge in [0.1, 0.15) is 12.4 Å². The average molecular weight is 444 g/mol. The smallest absolute Gasteiger partial charge is 0.258 e. The van der Waals surface area contributed by atoms with Gasteiger partial charge in [0, 0.05) is 56.1 Å². The Labute approximate surface area is 193 Å². The van der Waals surface area contributed by atoms with E-state index in [2.05, 4.69) is 26.6 Å². The number of rotatable bonds is 7. The highest BCUT2D eigenvalue weighted by molar-refractivity contribution is 5.80. The number of hydrogen-bond donors (Lipinski definition) is 0. The van der Waals surface area contributed by atoms with Crippen LogP contribution < -0.4 is 10.3 Å². The summed E-state index contributed by atoms with van der Waals surface area (Å²) in [6, 6.07) is 19.3. The third-order valence-corrected chi connectivity index (χ3v) is 6.27. The van der Waals surface area contributed by atoms with Crippen LogP contribution in [0.2, 0.25) is 0 Å². The molecule has 7 heteroatoms. The Bertz CT molecular complexity index is 1270. The molecule has 170 valence electrons. The van der Waals surface area contributed by atoms with E-state index in [9.17, 15) is 4.79 Å². The molecule has 0 amide bonds. The summed E-state index contributed by atoms with van der Waals surface area (Å²) >= 11 is 0. The van der Waals surface area contributed by atoms with Crippen molar-refractivity contribution < 1.29 is 4.74 Å². The van der Waals surface area contributed by atoms with Gasteiger partial charge in [0.25, 0.3) is 5.56 Å². The maximum Gasteiger partial charge on any atom is 0.258 e. The van der Waals surface area contributed by atoms with E-state index in [-0.39, 0.29) is 5.56 Å². The first-order chi connectivity index (χ1) is 16.2. The van der Waals surface area contributed by atoms with Crippen molar-refractivity contribution in [1.29, 1.82) is 0 Å². The van der Waals surface area contributed by atoms with E-state index in [4.69, 9.17) is 4.74 Å². The highest BCUT2D eigenvalue weighted by atomic mass is 16.5. The maximum atomic E-state index is 12.7. The molecule has 3 heterocycles. The first-order valence-electron chi connectivity index (χ1n) is 11.4. The lowest BCUT2D eigenvalue weighted by Gasteiger charge is -2.32. The van der Waals surface area contributed by atoms with Crippen LogP contribution in [-0.4, -0.2) is 63.9 Å². The van der Waals surface area contributed by atoms with Crippen molar-refractivity contribution in [3.63, 3.8) is 0 Å². The van der Waals surface area contributed by atoms with Gasteiger partial charge in [-0.1, -0.05) is 30.3 Å². The number of benzene rings is 2. The van der Waals surface area contributed by atoms with E-state index in [0.717, 1.165) is 61.4 Å². The predicted molar refractivity (Wildman–Crippen MR) is 130 cm³/mol. The zero-order valence-corrected chi connectivity index (χ0v) is 18.9. The topological polar surface area (TPSA) is 55.5 Å². The number of likely N-dealkylation sites (N-methyl/N-ethyl adjacent to an activating group) is 1. The second-order valence-corrected chi connectivity index (χ2v) is 8.60. The van der Waals surface area contributed by atoms with Gasteiger partial charge in [-0.05, 0) is 36.9 Å². The molecule has 2 aromatic carbocycles. The number of fused-ring (bicyclic) bond motifs is 1.